The minimum Gasteiger partial charge on any atom is -0.478 e. The topological polar surface area (TPSA) is 55.1 Å². The van der Waals surface area contributed by atoms with Gasteiger partial charge >= 0.3 is 5.97 Å². The van der Waals surface area contributed by atoms with Gasteiger partial charge in [0.2, 0.25) is 0 Å². The first-order valence-electron chi connectivity index (χ1n) is 5.98. The molecule has 0 atom stereocenters. The third-order valence-corrected chi connectivity index (χ3v) is 2.77. The van der Waals surface area contributed by atoms with Crippen molar-refractivity contribution >= 4 is 5.97 Å². The third kappa shape index (κ3) is 2.68. The number of carboxylic acid groups (broad SMARTS) is 1. The van der Waals surface area contributed by atoms with Crippen molar-refractivity contribution in [2.75, 3.05) is 0 Å². The van der Waals surface area contributed by atoms with E-state index in [0.717, 1.165) is 18.2 Å². The van der Waals surface area contributed by atoms with E-state index in [1.165, 1.54) is 10.9 Å². The van der Waals surface area contributed by atoms with Crippen LogP contribution in [0.25, 0.3) is 11.3 Å². The molecular formula is C14H14F2N2O2. The Morgan fingerprint density at radius 2 is 1.75 bits per heavy atom. The van der Waals surface area contributed by atoms with Gasteiger partial charge in [-0.05, 0) is 32.9 Å². The molecule has 20 heavy (non-hydrogen) atoms. The number of carbonyl (C=O) groups is 1. The normalized spacial score (nSPS) is 11.7. The second-order valence-corrected chi connectivity index (χ2v) is 5.47. The smallest absolute Gasteiger partial charge is 0.339 e. The van der Waals surface area contributed by atoms with E-state index >= 15 is 0 Å². The van der Waals surface area contributed by atoms with E-state index < -0.39 is 23.1 Å². The highest BCUT2D eigenvalue weighted by Crippen LogP contribution is 2.26. The highest BCUT2D eigenvalue weighted by atomic mass is 19.1. The summed E-state index contributed by atoms with van der Waals surface area (Å²) in [4.78, 5) is 11.3. The Balaban J connectivity index is 2.66. The van der Waals surface area contributed by atoms with Gasteiger partial charge in [0.1, 0.15) is 22.9 Å². The number of hydrogen-bond donors (Lipinski definition) is 1. The third-order valence-electron chi connectivity index (χ3n) is 2.77. The molecule has 2 rings (SSSR count). The Morgan fingerprint density at radius 3 is 2.20 bits per heavy atom. The predicted molar refractivity (Wildman–Crippen MR) is 69.5 cm³/mol. The second kappa shape index (κ2) is 4.70. The Kier molecular flexibility index (Phi) is 3.33. The molecule has 0 unspecified atom stereocenters. The van der Waals surface area contributed by atoms with Crippen LogP contribution in [0.5, 0.6) is 0 Å². The number of rotatable bonds is 2. The lowest BCUT2D eigenvalue weighted by Gasteiger charge is -2.18. The van der Waals surface area contributed by atoms with E-state index in [4.69, 9.17) is 0 Å². The van der Waals surface area contributed by atoms with Crippen molar-refractivity contribution in [2.24, 2.45) is 0 Å². The molecule has 6 heteroatoms. The fourth-order valence-electron chi connectivity index (χ4n) is 1.78. The summed E-state index contributed by atoms with van der Waals surface area (Å²) < 4.78 is 28.0. The SMILES string of the molecule is CC(C)(C)n1cc(C(=O)O)c(-c2cc(F)cc(F)c2)n1. The van der Waals surface area contributed by atoms with Crippen molar-refractivity contribution in [1.29, 1.82) is 0 Å². The van der Waals surface area contributed by atoms with Crippen LogP contribution in [0.4, 0.5) is 8.78 Å². The summed E-state index contributed by atoms with van der Waals surface area (Å²) in [5, 5.41) is 13.4. The maximum absolute atomic E-state index is 13.3. The van der Waals surface area contributed by atoms with Crippen LogP contribution in [-0.2, 0) is 5.54 Å². The molecule has 1 heterocycles. The van der Waals surface area contributed by atoms with Crippen LogP contribution in [-0.4, -0.2) is 20.9 Å². The molecule has 0 saturated heterocycles. The number of benzene rings is 1. The van der Waals surface area contributed by atoms with E-state index in [9.17, 15) is 18.7 Å². The van der Waals surface area contributed by atoms with Crippen LogP contribution in [0.15, 0.2) is 24.4 Å². The van der Waals surface area contributed by atoms with Gasteiger partial charge in [-0.1, -0.05) is 0 Å². The summed E-state index contributed by atoms with van der Waals surface area (Å²) in [5.41, 5.74) is -0.382. The van der Waals surface area contributed by atoms with Crippen LogP contribution in [0.1, 0.15) is 31.1 Å². The standard InChI is InChI=1S/C14H14F2N2O2/c1-14(2,3)18-7-11(13(19)20)12(17-18)8-4-9(15)6-10(16)5-8/h4-7H,1-3H3,(H,19,20). The summed E-state index contributed by atoms with van der Waals surface area (Å²) in [6, 6.07) is 2.85. The highest BCUT2D eigenvalue weighted by Gasteiger charge is 2.23. The molecule has 1 aromatic heterocycles. The average Bonchev–Trinajstić information content (AvgIpc) is 2.71. The van der Waals surface area contributed by atoms with Crippen molar-refractivity contribution in [3.8, 4) is 11.3 Å². The largest absolute Gasteiger partial charge is 0.478 e. The Hall–Kier alpha value is -2.24. The van der Waals surface area contributed by atoms with Crippen LogP contribution in [0, 0.1) is 11.6 Å². The van der Waals surface area contributed by atoms with Gasteiger partial charge in [-0.3, -0.25) is 4.68 Å². The van der Waals surface area contributed by atoms with E-state index in [1.54, 1.807) is 0 Å². The minimum atomic E-state index is -1.19. The summed E-state index contributed by atoms with van der Waals surface area (Å²) in [5.74, 6) is -2.75. The number of nitrogens with zero attached hydrogens (tertiary/aromatic N) is 2. The van der Waals surface area contributed by atoms with Gasteiger partial charge in [-0.25, -0.2) is 13.6 Å². The van der Waals surface area contributed by atoms with Crippen LogP contribution in [0.2, 0.25) is 0 Å². The fourth-order valence-corrected chi connectivity index (χ4v) is 1.78. The number of hydrogen-bond acceptors (Lipinski definition) is 2. The average molecular weight is 280 g/mol. The highest BCUT2D eigenvalue weighted by molar-refractivity contribution is 5.94. The molecule has 2 aromatic rings. The lowest BCUT2D eigenvalue weighted by Crippen LogP contribution is -2.22. The first-order valence-corrected chi connectivity index (χ1v) is 5.98. The monoisotopic (exact) mass is 280 g/mol. The number of carboxylic acids is 1. The van der Waals surface area contributed by atoms with Gasteiger partial charge in [-0.15, -0.1) is 0 Å². The quantitative estimate of drug-likeness (QED) is 0.918. The molecule has 0 amide bonds. The number of aromatic nitrogens is 2. The van der Waals surface area contributed by atoms with Gasteiger partial charge in [-0.2, -0.15) is 5.10 Å². The molecule has 0 radical (unpaired) electrons. The van der Waals surface area contributed by atoms with Gasteiger partial charge in [0, 0.05) is 17.8 Å². The lowest BCUT2D eigenvalue weighted by molar-refractivity contribution is 0.0697. The molecule has 0 spiro atoms. The fraction of sp³-hybridized carbons (Fsp3) is 0.286. The lowest BCUT2D eigenvalue weighted by atomic mass is 10.1. The van der Waals surface area contributed by atoms with E-state index in [-0.39, 0.29) is 16.8 Å². The molecule has 1 aromatic carbocycles. The van der Waals surface area contributed by atoms with E-state index in [2.05, 4.69) is 5.10 Å². The van der Waals surface area contributed by atoms with E-state index in [0.29, 0.717) is 0 Å². The molecule has 106 valence electrons. The van der Waals surface area contributed by atoms with Crippen molar-refractivity contribution in [2.45, 2.75) is 26.3 Å². The number of aromatic carboxylic acids is 1. The molecular weight excluding hydrogens is 266 g/mol. The van der Waals surface area contributed by atoms with Crippen LogP contribution < -0.4 is 0 Å². The molecule has 0 bridgehead atoms. The zero-order valence-corrected chi connectivity index (χ0v) is 11.3. The molecule has 0 aliphatic heterocycles. The Bertz CT molecular complexity index is 652. The van der Waals surface area contributed by atoms with Crippen molar-refractivity contribution in [3.63, 3.8) is 0 Å². The summed E-state index contributed by atoms with van der Waals surface area (Å²) >= 11 is 0. The van der Waals surface area contributed by atoms with Gasteiger partial charge < -0.3 is 5.11 Å². The second-order valence-electron chi connectivity index (χ2n) is 5.47. The van der Waals surface area contributed by atoms with Crippen molar-refractivity contribution in [3.05, 3.63) is 41.6 Å². The maximum Gasteiger partial charge on any atom is 0.339 e. The first-order chi connectivity index (χ1) is 9.18. The van der Waals surface area contributed by atoms with Crippen LogP contribution >= 0.6 is 0 Å². The van der Waals surface area contributed by atoms with Crippen molar-refractivity contribution in [1.82, 2.24) is 9.78 Å². The molecule has 0 aliphatic carbocycles. The summed E-state index contributed by atoms with van der Waals surface area (Å²) in [6.07, 6.45) is 1.36. The Morgan fingerprint density at radius 1 is 1.20 bits per heavy atom. The summed E-state index contributed by atoms with van der Waals surface area (Å²) in [7, 11) is 0. The molecule has 0 saturated carbocycles. The maximum atomic E-state index is 13.3. The van der Waals surface area contributed by atoms with Crippen LogP contribution in [0.3, 0.4) is 0 Å². The van der Waals surface area contributed by atoms with Gasteiger partial charge in [0.05, 0.1) is 5.54 Å². The molecule has 0 fully saturated rings. The summed E-state index contributed by atoms with van der Waals surface area (Å²) in [6.45, 7) is 5.55. The zero-order chi connectivity index (χ0) is 15.1. The van der Waals surface area contributed by atoms with Crippen molar-refractivity contribution < 1.29 is 18.7 Å². The first kappa shape index (κ1) is 14.2. The molecule has 0 aliphatic rings. The number of halogens is 2. The zero-order valence-electron chi connectivity index (χ0n) is 11.3. The Labute approximate surface area is 114 Å². The van der Waals surface area contributed by atoms with E-state index in [1.807, 2.05) is 20.8 Å². The van der Waals surface area contributed by atoms with Gasteiger partial charge in [0.15, 0.2) is 0 Å². The molecule has 1 N–H and O–H groups in total. The van der Waals surface area contributed by atoms with Gasteiger partial charge in [0.25, 0.3) is 0 Å². The minimum absolute atomic E-state index is 0.0471. The predicted octanol–water partition coefficient (Wildman–Crippen LogP) is 3.28. The molecule has 4 nitrogen and oxygen atoms in total.